The third-order valence-corrected chi connectivity index (χ3v) is 3.59. The van der Waals surface area contributed by atoms with E-state index >= 15 is 0 Å². The van der Waals surface area contributed by atoms with Gasteiger partial charge in [-0.3, -0.25) is 0 Å². The van der Waals surface area contributed by atoms with Gasteiger partial charge in [-0.15, -0.1) is 0 Å². The van der Waals surface area contributed by atoms with E-state index in [9.17, 15) is 0 Å². The molecule has 0 spiro atoms. The van der Waals surface area contributed by atoms with Crippen LogP contribution in [0.2, 0.25) is 0 Å². The van der Waals surface area contributed by atoms with Gasteiger partial charge in [0.2, 0.25) is 0 Å². The number of hydrogen-bond donors (Lipinski definition) is 1. The molecule has 1 aliphatic heterocycles. The molecular formula is C15H24N2O. The average Bonchev–Trinajstić information content (AvgIpc) is 2.48. The highest BCUT2D eigenvalue weighted by Crippen LogP contribution is 2.32. The summed E-state index contributed by atoms with van der Waals surface area (Å²) in [5, 5.41) is 8.91. The second-order valence-corrected chi connectivity index (χ2v) is 5.35. The van der Waals surface area contributed by atoms with Crippen LogP contribution < -0.4 is 9.80 Å². The lowest BCUT2D eigenvalue weighted by Crippen LogP contribution is -2.30. The summed E-state index contributed by atoms with van der Waals surface area (Å²) in [6, 6.07) is 8.63. The Morgan fingerprint density at radius 1 is 1.17 bits per heavy atom. The zero-order valence-electron chi connectivity index (χ0n) is 11.5. The van der Waals surface area contributed by atoms with Gasteiger partial charge in [-0.25, -0.2) is 0 Å². The van der Waals surface area contributed by atoms with E-state index in [2.05, 4.69) is 48.0 Å². The van der Waals surface area contributed by atoms with Crippen LogP contribution in [-0.4, -0.2) is 38.4 Å². The minimum Gasteiger partial charge on any atom is -0.396 e. The van der Waals surface area contributed by atoms with Crippen molar-refractivity contribution in [1.82, 2.24) is 0 Å². The number of anilines is 2. The van der Waals surface area contributed by atoms with Gasteiger partial charge in [0.25, 0.3) is 0 Å². The molecule has 18 heavy (non-hydrogen) atoms. The fraction of sp³-hybridized carbons (Fsp3) is 0.600. The van der Waals surface area contributed by atoms with Gasteiger partial charge in [0.1, 0.15) is 0 Å². The van der Waals surface area contributed by atoms with Crippen molar-refractivity contribution in [3.63, 3.8) is 0 Å². The molecular weight excluding hydrogens is 224 g/mol. The first-order chi connectivity index (χ1) is 8.72. The number of unbranched alkanes of at least 4 members (excludes halogenated alkanes) is 1. The molecule has 1 heterocycles. The molecule has 0 radical (unpaired) electrons. The Kier molecular flexibility index (Phi) is 4.48. The van der Waals surface area contributed by atoms with Crippen molar-refractivity contribution in [2.75, 3.05) is 43.1 Å². The second-order valence-electron chi connectivity index (χ2n) is 5.35. The Balaban J connectivity index is 2.19. The van der Waals surface area contributed by atoms with Gasteiger partial charge in [-0.1, -0.05) is 19.1 Å². The van der Waals surface area contributed by atoms with Crippen LogP contribution in [0.5, 0.6) is 0 Å². The maximum Gasteiger partial charge on any atom is 0.0604 e. The van der Waals surface area contributed by atoms with Crippen molar-refractivity contribution in [2.45, 2.75) is 19.8 Å². The molecule has 1 unspecified atom stereocenters. The molecule has 1 aromatic rings. The van der Waals surface area contributed by atoms with Crippen LogP contribution in [0, 0.1) is 5.92 Å². The normalized spacial score (nSPS) is 19.6. The van der Waals surface area contributed by atoms with E-state index in [-0.39, 0.29) is 0 Å². The smallest absolute Gasteiger partial charge is 0.0604 e. The van der Waals surface area contributed by atoms with Gasteiger partial charge in [0.05, 0.1) is 11.4 Å². The van der Waals surface area contributed by atoms with Gasteiger partial charge < -0.3 is 14.9 Å². The lowest BCUT2D eigenvalue weighted by molar-refractivity contribution is 0.285. The quantitative estimate of drug-likeness (QED) is 0.829. The fourth-order valence-electron chi connectivity index (χ4n) is 2.78. The summed E-state index contributed by atoms with van der Waals surface area (Å²) < 4.78 is 0. The van der Waals surface area contributed by atoms with Gasteiger partial charge >= 0.3 is 0 Å². The van der Waals surface area contributed by atoms with E-state index in [0.29, 0.717) is 12.5 Å². The van der Waals surface area contributed by atoms with Crippen LogP contribution >= 0.6 is 0 Å². The topological polar surface area (TPSA) is 26.7 Å². The predicted molar refractivity (Wildman–Crippen MR) is 77.4 cm³/mol. The maximum absolute atomic E-state index is 8.91. The third kappa shape index (κ3) is 2.96. The second kappa shape index (κ2) is 6.10. The van der Waals surface area contributed by atoms with Crippen LogP contribution in [0.4, 0.5) is 11.4 Å². The number of para-hydroxylation sites is 2. The summed E-state index contributed by atoms with van der Waals surface area (Å²) >= 11 is 0. The molecule has 1 atom stereocenters. The molecule has 1 aliphatic rings. The lowest BCUT2D eigenvalue weighted by Gasteiger charge is -2.26. The van der Waals surface area contributed by atoms with Gasteiger partial charge in [0, 0.05) is 33.3 Å². The number of fused-ring (bicyclic) bond motifs is 1. The fourth-order valence-corrected chi connectivity index (χ4v) is 2.78. The molecule has 3 heteroatoms. The summed E-state index contributed by atoms with van der Waals surface area (Å²) in [6.45, 7) is 5.85. The first-order valence-corrected chi connectivity index (χ1v) is 6.88. The van der Waals surface area contributed by atoms with Crippen LogP contribution in [0.1, 0.15) is 19.8 Å². The molecule has 0 amide bonds. The molecule has 0 aliphatic carbocycles. The summed E-state index contributed by atoms with van der Waals surface area (Å²) in [4.78, 5) is 4.82. The number of rotatable bonds is 4. The highest BCUT2D eigenvalue weighted by Gasteiger charge is 2.21. The highest BCUT2D eigenvalue weighted by atomic mass is 16.2. The third-order valence-electron chi connectivity index (χ3n) is 3.59. The van der Waals surface area contributed by atoms with E-state index in [4.69, 9.17) is 5.11 Å². The molecule has 0 saturated carbocycles. The maximum atomic E-state index is 8.91. The Morgan fingerprint density at radius 2 is 1.89 bits per heavy atom. The summed E-state index contributed by atoms with van der Waals surface area (Å²) in [5.74, 6) is 0.663. The number of benzene rings is 1. The molecule has 1 aromatic carbocycles. The van der Waals surface area contributed by atoms with E-state index in [0.717, 1.165) is 32.5 Å². The van der Waals surface area contributed by atoms with Crippen LogP contribution in [0.25, 0.3) is 0 Å². The zero-order chi connectivity index (χ0) is 13.0. The number of aliphatic hydroxyl groups excluding tert-OH is 1. The zero-order valence-corrected chi connectivity index (χ0v) is 11.5. The van der Waals surface area contributed by atoms with Crippen molar-refractivity contribution >= 4 is 11.4 Å². The van der Waals surface area contributed by atoms with Crippen molar-refractivity contribution in [2.24, 2.45) is 5.92 Å². The molecule has 100 valence electrons. The molecule has 0 aromatic heterocycles. The van der Waals surface area contributed by atoms with Gasteiger partial charge in [0.15, 0.2) is 0 Å². The van der Waals surface area contributed by atoms with Gasteiger partial charge in [-0.2, -0.15) is 0 Å². The van der Waals surface area contributed by atoms with E-state index in [1.54, 1.807) is 0 Å². The highest BCUT2D eigenvalue weighted by molar-refractivity contribution is 5.71. The van der Waals surface area contributed by atoms with Crippen molar-refractivity contribution in [1.29, 1.82) is 0 Å². The summed E-state index contributed by atoms with van der Waals surface area (Å²) in [5.41, 5.74) is 2.66. The Morgan fingerprint density at radius 3 is 2.61 bits per heavy atom. The van der Waals surface area contributed by atoms with Crippen LogP contribution in [-0.2, 0) is 0 Å². The van der Waals surface area contributed by atoms with Crippen molar-refractivity contribution in [3.05, 3.63) is 24.3 Å². The minimum atomic E-state index is 0.297. The van der Waals surface area contributed by atoms with E-state index in [1.165, 1.54) is 11.4 Å². The summed E-state index contributed by atoms with van der Waals surface area (Å²) in [7, 11) is 2.17. The number of hydrogen-bond acceptors (Lipinski definition) is 3. The SMILES string of the molecule is CC1CN(C)c2ccccc2N(CCCCO)C1. The first-order valence-electron chi connectivity index (χ1n) is 6.88. The predicted octanol–water partition coefficient (Wildman–Crippen LogP) is 2.35. The largest absolute Gasteiger partial charge is 0.396 e. The average molecular weight is 248 g/mol. The minimum absolute atomic E-state index is 0.297. The number of aliphatic hydroxyl groups is 1. The lowest BCUT2D eigenvalue weighted by atomic mass is 10.1. The van der Waals surface area contributed by atoms with Crippen LogP contribution in [0.15, 0.2) is 24.3 Å². The van der Waals surface area contributed by atoms with Crippen molar-refractivity contribution < 1.29 is 5.11 Å². The number of nitrogens with zero attached hydrogens (tertiary/aromatic N) is 2. The Labute approximate surface area is 110 Å². The first kappa shape index (κ1) is 13.2. The molecule has 0 saturated heterocycles. The van der Waals surface area contributed by atoms with Crippen molar-refractivity contribution in [3.8, 4) is 0 Å². The monoisotopic (exact) mass is 248 g/mol. The van der Waals surface area contributed by atoms with E-state index in [1.807, 2.05) is 0 Å². The Hall–Kier alpha value is -1.22. The van der Waals surface area contributed by atoms with E-state index < -0.39 is 0 Å². The molecule has 3 nitrogen and oxygen atoms in total. The molecule has 0 bridgehead atoms. The molecule has 0 fully saturated rings. The Bertz CT molecular complexity index is 381. The molecule has 1 N–H and O–H groups in total. The van der Waals surface area contributed by atoms with Gasteiger partial charge in [-0.05, 0) is 30.9 Å². The standard InChI is InChI=1S/C15H24N2O/c1-13-11-16(2)14-7-3-4-8-15(14)17(12-13)9-5-6-10-18/h3-4,7-8,13,18H,5-6,9-12H2,1-2H3. The summed E-state index contributed by atoms with van der Waals surface area (Å²) in [6.07, 6.45) is 1.95. The molecule has 2 rings (SSSR count). The van der Waals surface area contributed by atoms with Crippen LogP contribution in [0.3, 0.4) is 0 Å².